The molecule has 1 saturated heterocycles. The van der Waals surface area contributed by atoms with E-state index < -0.39 is 17.8 Å². The summed E-state index contributed by atoms with van der Waals surface area (Å²) in [5.74, 6) is -0.813. The number of barbiturate groups is 1. The molecule has 5 rings (SSSR count). The molecule has 10 heteroatoms. The molecular weight excluding hydrogens is 573 g/mol. The van der Waals surface area contributed by atoms with Crippen molar-refractivity contribution in [3.8, 4) is 11.4 Å². The van der Waals surface area contributed by atoms with E-state index in [-0.39, 0.29) is 5.57 Å². The van der Waals surface area contributed by atoms with Crippen molar-refractivity contribution in [3.63, 3.8) is 0 Å². The van der Waals surface area contributed by atoms with Crippen molar-refractivity contribution in [3.05, 3.63) is 116 Å². The molecule has 0 spiro atoms. The first-order valence-corrected chi connectivity index (χ1v) is 13.3. The van der Waals surface area contributed by atoms with Gasteiger partial charge >= 0.3 is 6.03 Å². The lowest BCUT2D eigenvalue weighted by Crippen LogP contribution is -2.54. The van der Waals surface area contributed by atoms with Gasteiger partial charge in [-0.2, -0.15) is 0 Å². The average molecular weight is 595 g/mol. The van der Waals surface area contributed by atoms with E-state index in [0.29, 0.717) is 38.7 Å². The highest BCUT2D eigenvalue weighted by Gasteiger charge is 2.37. The van der Waals surface area contributed by atoms with Gasteiger partial charge in [-0.25, -0.2) is 9.69 Å². The first kappa shape index (κ1) is 27.5. The quantitative estimate of drug-likeness (QED) is 0.188. The number of nitrogens with zero attached hydrogens (tertiary/aromatic N) is 2. The lowest BCUT2D eigenvalue weighted by Gasteiger charge is -2.26. The summed E-state index contributed by atoms with van der Waals surface area (Å²) in [6.45, 7) is 4.11. The zero-order valence-electron chi connectivity index (χ0n) is 21.4. The second-order valence-electron chi connectivity index (χ2n) is 9.11. The highest BCUT2D eigenvalue weighted by Crippen LogP contribution is 2.28. The number of anilines is 1. The molecule has 1 aliphatic heterocycles. The summed E-state index contributed by atoms with van der Waals surface area (Å²) in [5, 5.41) is 3.80. The number of amides is 4. The van der Waals surface area contributed by atoms with Crippen LogP contribution in [0.5, 0.6) is 5.75 Å². The maximum Gasteiger partial charge on any atom is 0.335 e. The highest BCUT2D eigenvalue weighted by atomic mass is 35.5. The van der Waals surface area contributed by atoms with Crippen LogP contribution in [-0.4, -0.2) is 22.4 Å². The van der Waals surface area contributed by atoms with Crippen molar-refractivity contribution < 1.29 is 19.1 Å². The highest BCUT2D eigenvalue weighted by molar-refractivity contribution is 6.39. The standard InChI is InChI=1S/C30H22Cl3N3O4/c1-17-13-20(14-26-28(37)34-30(39)36(29(26)38)24-7-5-21(31)6-8-24)18(2)35(17)23-9-11-25(12-10-23)40-16-19-3-4-22(32)15-27(19)33/h3-15H,16H2,1-2H3,(H,34,37,39)/b26-14+. The molecule has 1 aliphatic rings. The number of hydrogen-bond donors (Lipinski definition) is 1. The van der Waals surface area contributed by atoms with Crippen molar-refractivity contribution in [2.75, 3.05) is 4.90 Å². The summed E-state index contributed by atoms with van der Waals surface area (Å²) in [7, 11) is 0. The van der Waals surface area contributed by atoms with Crippen LogP contribution in [0.25, 0.3) is 11.8 Å². The number of urea groups is 1. The predicted molar refractivity (Wildman–Crippen MR) is 156 cm³/mol. The number of imide groups is 2. The Morgan fingerprint density at radius 2 is 1.48 bits per heavy atom. The SMILES string of the molecule is Cc1cc(/C=C2\C(=O)NC(=O)N(c3ccc(Cl)cc3)C2=O)c(C)n1-c1ccc(OCc2ccc(Cl)cc2Cl)cc1. The number of aryl methyl sites for hydroxylation is 1. The van der Waals surface area contributed by atoms with Gasteiger partial charge in [0.1, 0.15) is 17.9 Å². The number of rotatable bonds is 6. The van der Waals surface area contributed by atoms with Crippen molar-refractivity contribution in [2.24, 2.45) is 0 Å². The second-order valence-corrected chi connectivity index (χ2v) is 10.4. The van der Waals surface area contributed by atoms with Gasteiger partial charge in [0.25, 0.3) is 11.8 Å². The molecular formula is C30H22Cl3N3O4. The van der Waals surface area contributed by atoms with Gasteiger partial charge in [-0.3, -0.25) is 14.9 Å². The Labute approximate surface area is 245 Å². The molecule has 0 radical (unpaired) electrons. The van der Waals surface area contributed by atoms with Gasteiger partial charge in [0.05, 0.1) is 5.69 Å². The zero-order valence-corrected chi connectivity index (χ0v) is 23.6. The minimum atomic E-state index is -0.819. The molecule has 2 heterocycles. The van der Waals surface area contributed by atoms with Crippen LogP contribution < -0.4 is 15.0 Å². The van der Waals surface area contributed by atoms with Crippen LogP contribution in [0.15, 0.2) is 78.4 Å². The van der Waals surface area contributed by atoms with Crippen LogP contribution in [0.4, 0.5) is 10.5 Å². The third kappa shape index (κ3) is 5.49. The maximum absolute atomic E-state index is 13.3. The minimum absolute atomic E-state index is 0.153. The van der Waals surface area contributed by atoms with Crippen molar-refractivity contribution >= 4 is 64.4 Å². The average Bonchev–Trinajstić information content (AvgIpc) is 3.19. The van der Waals surface area contributed by atoms with E-state index in [1.165, 1.54) is 18.2 Å². The Morgan fingerprint density at radius 3 is 2.15 bits per heavy atom. The molecule has 40 heavy (non-hydrogen) atoms. The Balaban J connectivity index is 1.39. The zero-order chi connectivity index (χ0) is 28.6. The van der Waals surface area contributed by atoms with Gasteiger partial charge in [-0.05, 0) is 92.2 Å². The Hall–Kier alpha value is -4.04. The van der Waals surface area contributed by atoms with Crippen LogP contribution in [0.2, 0.25) is 15.1 Å². The van der Waals surface area contributed by atoms with Crippen LogP contribution in [0, 0.1) is 13.8 Å². The fourth-order valence-corrected chi connectivity index (χ4v) is 5.05. The molecule has 1 aromatic heterocycles. The smallest absolute Gasteiger partial charge is 0.335 e. The largest absolute Gasteiger partial charge is 0.489 e. The van der Waals surface area contributed by atoms with E-state index in [1.54, 1.807) is 24.3 Å². The van der Waals surface area contributed by atoms with Gasteiger partial charge in [0.2, 0.25) is 0 Å². The van der Waals surface area contributed by atoms with E-state index in [2.05, 4.69) is 5.32 Å². The summed E-state index contributed by atoms with van der Waals surface area (Å²) in [6, 6.07) is 20.0. The van der Waals surface area contributed by atoms with Gasteiger partial charge in [0.15, 0.2) is 0 Å². The van der Waals surface area contributed by atoms with Crippen molar-refractivity contribution in [1.29, 1.82) is 0 Å². The molecule has 0 bridgehead atoms. The summed E-state index contributed by atoms with van der Waals surface area (Å²) in [4.78, 5) is 39.3. The lowest BCUT2D eigenvalue weighted by molar-refractivity contribution is -0.122. The monoisotopic (exact) mass is 593 g/mol. The molecule has 1 N–H and O–H groups in total. The summed E-state index contributed by atoms with van der Waals surface area (Å²) < 4.78 is 7.89. The Kier molecular flexibility index (Phi) is 7.72. The Morgan fingerprint density at radius 1 is 0.825 bits per heavy atom. The molecule has 1 fully saturated rings. The van der Waals surface area contributed by atoms with Crippen LogP contribution in [0.3, 0.4) is 0 Å². The maximum atomic E-state index is 13.3. The number of carbonyl (C=O) groups is 3. The molecule has 4 amide bonds. The molecule has 202 valence electrons. The lowest BCUT2D eigenvalue weighted by atomic mass is 10.1. The molecule has 0 aliphatic carbocycles. The summed E-state index contributed by atoms with van der Waals surface area (Å²) >= 11 is 18.1. The predicted octanol–water partition coefficient (Wildman–Crippen LogP) is 7.30. The van der Waals surface area contributed by atoms with Gasteiger partial charge in [-0.15, -0.1) is 0 Å². The number of ether oxygens (including phenoxy) is 1. The molecule has 3 aromatic carbocycles. The van der Waals surface area contributed by atoms with E-state index in [0.717, 1.165) is 27.5 Å². The normalized spacial score (nSPS) is 14.6. The molecule has 7 nitrogen and oxygen atoms in total. The molecule has 0 atom stereocenters. The fourth-order valence-electron chi connectivity index (χ4n) is 4.46. The van der Waals surface area contributed by atoms with Gasteiger partial charge in [0, 0.05) is 37.7 Å². The number of nitrogens with one attached hydrogen (secondary N) is 1. The van der Waals surface area contributed by atoms with Crippen LogP contribution >= 0.6 is 34.8 Å². The fraction of sp³-hybridized carbons (Fsp3) is 0.100. The molecule has 0 unspecified atom stereocenters. The minimum Gasteiger partial charge on any atom is -0.489 e. The number of aromatic nitrogens is 1. The molecule has 0 saturated carbocycles. The first-order valence-electron chi connectivity index (χ1n) is 12.2. The van der Waals surface area contributed by atoms with E-state index in [4.69, 9.17) is 39.5 Å². The van der Waals surface area contributed by atoms with Gasteiger partial charge < -0.3 is 9.30 Å². The van der Waals surface area contributed by atoms with Crippen LogP contribution in [0.1, 0.15) is 22.5 Å². The number of halogens is 3. The second kappa shape index (κ2) is 11.2. The third-order valence-corrected chi connectivity index (χ3v) is 7.30. The summed E-state index contributed by atoms with van der Waals surface area (Å²) in [5.41, 5.74) is 4.20. The number of benzene rings is 3. The number of hydrogen-bond acceptors (Lipinski definition) is 4. The molecule has 4 aromatic rings. The topological polar surface area (TPSA) is 80.6 Å². The van der Waals surface area contributed by atoms with Crippen molar-refractivity contribution in [2.45, 2.75) is 20.5 Å². The van der Waals surface area contributed by atoms with Gasteiger partial charge in [-0.1, -0.05) is 40.9 Å². The van der Waals surface area contributed by atoms with Crippen molar-refractivity contribution in [1.82, 2.24) is 9.88 Å². The third-order valence-electron chi connectivity index (χ3n) is 6.46. The van der Waals surface area contributed by atoms with Crippen LogP contribution in [-0.2, 0) is 16.2 Å². The van der Waals surface area contributed by atoms with E-state index in [1.807, 2.05) is 54.8 Å². The first-order chi connectivity index (χ1) is 19.1. The number of carbonyl (C=O) groups excluding carboxylic acids is 3. The van der Waals surface area contributed by atoms with E-state index in [9.17, 15) is 14.4 Å². The summed E-state index contributed by atoms with van der Waals surface area (Å²) in [6.07, 6.45) is 1.50. The Bertz CT molecular complexity index is 1680. The van der Waals surface area contributed by atoms with E-state index >= 15 is 0 Å².